The predicted octanol–water partition coefficient (Wildman–Crippen LogP) is 3.96. The van der Waals surface area contributed by atoms with Crippen LogP contribution in [0.5, 0.6) is 0 Å². The molecule has 2 aromatic carbocycles. The van der Waals surface area contributed by atoms with Gasteiger partial charge in [-0.15, -0.1) is 0 Å². The highest BCUT2D eigenvalue weighted by Crippen LogP contribution is 2.36. The van der Waals surface area contributed by atoms with Crippen molar-refractivity contribution < 1.29 is 4.55 Å². The van der Waals surface area contributed by atoms with Crippen molar-refractivity contribution in [2.75, 3.05) is 0 Å². The van der Waals surface area contributed by atoms with Crippen LogP contribution in [0.3, 0.4) is 0 Å². The molecule has 0 spiro atoms. The lowest BCUT2D eigenvalue weighted by Gasteiger charge is -2.24. The summed E-state index contributed by atoms with van der Waals surface area (Å²) in [6.07, 6.45) is 1.97. The SMILES string of the molecule is CC(C)Cc1cccc2c1Cc1ccccc1[S+]2[O-]. The van der Waals surface area contributed by atoms with Crippen LogP contribution < -0.4 is 0 Å². The van der Waals surface area contributed by atoms with Crippen LogP contribution >= 0.6 is 0 Å². The summed E-state index contributed by atoms with van der Waals surface area (Å²) in [6.45, 7) is 4.46. The van der Waals surface area contributed by atoms with E-state index in [0.717, 1.165) is 22.6 Å². The Hall–Kier alpha value is -1.25. The number of hydrogen-bond donors (Lipinski definition) is 0. The molecule has 1 nitrogen and oxygen atoms in total. The van der Waals surface area contributed by atoms with Crippen LogP contribution in [-0.2, 0) is 24.0 Å². The summed E-state index contributed by atoms with van der Waals surface area (Å²) in [5.41, 5.74) is 3.85. The van der Waals surface area contributed by atoms with Gasteiger partial charge in [-0.25, -0.2) is 0 Å². The van der Waals surface area contributed by atoms with Gasteiger partial charge in [0.15, 0.2) is 9.79 Å². The fourth-order valence-corrected chi connectivity index (χ4v) is 4.20. The maximum atomic E-state index is 12.7. The summed E-state index contributed by atoms with van der Waals surface area (Å²) in [7, 11) is 0. The van der Waals surface area contributed by atoms with Crippen molar-refractivity contribution in [1.82, 2.24) is 0 Å². The second-order valence-corrected chi connectivity index (χ2v) is 6.96. The van der Waals surface area contributed by atoms with Gasteiger partial charge in [0.1, 0.15) is 0 Å². The zero-order valence-electron chi connectivity index (χ0n) is 11.3. The Kier molecular flexibility index (Phi) is 3.38. The average Bonchev–Trinajstić information content (AvgIpc) is 2.40. The summed E-state index contributed by atoms with van der Waals surface area (Å²) in [4.78, 5) is 1.99. The lowest BCUT2D eigenvalue weighted by atomic mass is 9.93. The highest BCUT2D eigenvalue weighted by Gasteiger charge is 2.29. The van der Waals surface area contributed by atoms with Crippen LogP contribution in [0.2, 0.25) is 0 Å². The van der Waals surface area contributed by atoms with Crippen LogP contribution in [0.4, 0.5) is 0 Å². The van der Waals surface area contributed by atoms with Crippen molar-refractivity contribution in [3.8, 4) is 0 Å². The van der Waals surface area contributed by atoms with Crippen molar-refractivity contribution in [2.45, 2.75) is 36.5 Å². The first kappa shape index (κ1) is 12.8. The third kappa shape index (κ3) is 2.31. The van der Waals surface area contributed by atoms with E-state index in [9.17, 15) is 4.55 Å². The van der Waals surface area contributed by atoms with Crippen molar-refractivity contribution >= 4 is 11.2 Å². The predicted molar refractivity (Wildman–Crippen MR) is 78.9 cm³/mol. The molecule has 19 heavy (non-hydrogen) atoms. The molecular weight excluding hydrogens is 252 g/mol. The molecule has 0 fully saturated rings. The summed E-state index contributed by atoms with van der Waals surface area (Å²) < 4.78 is 12.7. The summed E-state index contributed by atoms with van der Waals surface area (Å²) >= 11 is -1.02. The summed E-state index contributed by atoms with van der Waals surface area (Å²) in [5.74, 6) is 0.622. The second kappa shape index (κ2) is 5.03. The maximum absolute atomic E-state index is 12.7. The van der Waals surface area contributed by atoms with Gasteiger partial charge >= 0.3 is 0 Å². The van der Waals surface area contributed by atoms with Gasteiger partial charge in [0, 0.05) is 28.7 Å². The quantitative estimate of drug-likeness (QED) is 0.758. The topological polar surface area (TPSA) is 23.1 Å². The Morgan fingerprint density at radius 2 is 1.79 bits per heavy atom. The van der Waals surface area contributed by atoms with Gasteiger partial charge in [-0.1, -0.05) is 44.2 Å². The Morgan fingerprint density at radius 3 is 2.58 bits per heavy atom. The third-order valence-corrected chi connectivity index (χ3v) is 5.18. The molecule has 1 atom stereocenters. The summed E-state index contributed by atoms with van der Waals surface area (Å²) in [6, 6.07) is 14.3. The summed E-state index contributed by atoms with van der Waals surface area (Å²) in [5, 5.41) is 0. The van der Waals surface area contributed by atoms with Crippen molar-refractivity contribution in [2.24, 2.45) is 5.92 Å². The molecule has 0 N–H and O–H groups in total. The molecule has 0 saturated heterocycles. The minimum Gasteiger partial charge on any atom is -0.606 e. The first-order valence-electron chi connectivity index (χ1n) is 6.77. The fraction of sp³-hybridized carbons (Fsp3) is 0.294. The largest absolute Gasteiger partial charge is 0.606 e. The third-order valence-electron chi connectivity index (χ3n) is 3.60. The van der Waals surface area contributed by atoms with Gasteiger partial charge in [-0.2, -0.15) is 0 Å². The van der Waals surface area contributed by atoms with Gasteiger partial charge in [0.25, 0.3) is 0 Å². The van der Waals surface area contributed by atoms with E-state index in [1.54, 1.807) is 0 Å². The van der Waals surface area contributed by atoms with Crippen molar-refractivity contribution in [3.63, 3.8) is 0 Å². The molecule has 1 unspecified atom stereocenters. The number of benzene rings is 2. The van der Waals surface area contributed by atoms with E-state index in [2.05, 4.69) is 26.0 Å². The van der Waals surface area contributed by atoms with Gasteiger partial charge in [-0.3, -0.25) is 0 Å². The number of hydrogen-bond acceptors (Lipinski definition) is 1. The van der Waals surface area contributed by atoms with Crippen LogP contribution in [0.1, 0.15) is 30.5 Å². The lowest BCUT2D eigenvalue weighted by Crippen LogP contribution is -2.16. The maximum Gasteiger partial charge on any atom is 0.162 e. The van der Waals surface area contributed by atoms with E-state index in [4.69, 9.17) is 0 Å². The number of fused-ring (bicyclic) bond motifs is 2. The van der Waals surface area contributed by atoms with Gasteiger partial charge in [0.2, 0.25) is 0 Å². The van der Waals surface area contributed by atoms with E-state index in [1.807, 2.05) is 30.3 Å². The molecule has 0 amide bonds. The highest BCUT2D eigenvalue weighted by molar-refractivity contribution is 7.91. The minimum absolute atomic E-state index is 0.622. The fourth-order valence-electron chi connectivity index (χ4n) is 2.76. The Balaban J connectivity index is 2.09. The van der Waals surface area contributed by atoms with E-state index in [-0.39, 0.29) is 0 Å². The Labute approximate surface area is 117 Å². The smallest absolute Gasteiger partial charge is 0.162 e. The van der Waals surface area contributed by atoms with Crippen LogP contribution in [0.15, 0.2) is 52.3 Å². The van der Waals surface area contributed by atoms with E-state index < -0.39 is 11.2 Å². The van der Waals surface area contributed by atoms with E-state index in [0.29, 0.717) is 5.92 Å². The van der Waals surface area contributed by atoms with Gasteiger partial charge in [0.05, 0.1) is 0 Å². The first-order valence-corrected chi connectivity index (χ1v) is 7.92. The average molecular weight is 270 g/mol. The molecular formula is C17H18OS. The Bertz CT molecular complexity index is 604. The van der Waals surface area contributed by atoms with Gasteiger partial charge in [-0.05, 0) is 30.0 Å². The molecule has 0 aliphatic carbocycles. The highest BCUT2D eigenvalue weighted by atomic mass is 32.2. The molecule has 3 rings (SSSR count). The zero-order chi connectivity index (χ0) is 13.4. The molecule has 1 aliphatic rings. The van der Waals surface area contributed by atoms with E-state index in [1.165, 1.54) is 16.7 Å². The van der Waals surface area contributed by atoms with Crippen LogP contribution in [0, 0.1) is 5.92 Å². The zero-order valence-corrected chi connectivity index (χ0v) is 12.2. The first-order chi connectivity index (χ1) is 9.16. The standard InChI is InChI=1S/C17H18OS/c1-12(2)10-13-7-5-9-17-15(13)11-14-6-3-4-8-16(14)19(17)18/h3-9,12H,10-11H2,1-2H3. The second-order valence-electron chi connectivity index (χ2n) is 5.55. The molecule has 0 aromatic heterocycles. The van der Waals surface area contributed by atoms with Crippen LogP contribution in [-0.4, -0.2) is 4.55 Å². The number of rotatable bonds is 2. The molecule has 2 heteroatoms. The molecule has 98 valence electrons. The lowest BCUT2D eigenvalue weighted by molar-refractivity contribution is 0.588. The molecule has 1 aliphatic heterocycles. The molecule has 0 bridgehead atoms. The van der Waals surface area contributed by atoms with E-state index >= 15 is 0 Å². The normalized spacial score (nSPS) is 17.2. The van der Waals surface area contributed by atoms with Crippen molar-refractivity contribution in [1.29, 1.82) is 0 Å². The monoisotopic (exact) mass is 270 g/mol. The molecule has 2 aromatic rings. The Morgan fingerprint density at radius 1 is 1.05 bits per heavy atom. The molecule has 1 heterocycles. The minimum atomic E-state index is -1.02. The molecule has 0 radical (unpaired) electrons. The van der Waals surface area contributed by atoms with Gasteiger partial charge < -0.3 is 4.55 Å². The van der Waals surface area contributed by atoms with Crippen molar-refractivity contribution in [3.05, 3.63) is 59.2 Å². The van der Waals surface area contributed by atoms with Crippen LogP contribution in [0.25, 0.3) is 0 Å². The molecule has 0 saturated carbocycles.